The smallest absolute Gasteiger partial charge is 0.257 e. The van der Waals surface area contributed by atoms with Crippen LogP contribution in [0.4, 0.5) is 5.69 Å². The second-order valence-electron chi connectivity index (χ2n) is 4.47. The van der Waals surface area contributed by atoms with E-state index in [1.54, 1.807) is 24.3 Å². The standard InChI is InChI=1S/C13H21N3O2/c1-10(16(2)3)8-15-13(17)9-18-12-6-4-11(14)5-7-12/h4-7,10H,8-9,14H2,1-3H3,(H,15,17). The summed E-state index contributed by atoms with van der Waals surface area (Å²) >= 11 is 0. The molecule has 0 aliphatic rings. The molecular weight excluding hydrogens is 230 g/mol. The SMILES string of the molecule is CC(CNC(=O)COc1ccc(N)cc1)N(C)C. The summed E-state index contributed by atoms with van der Waals surface area (Å²) in [7, 11) is 3.95. The zero-order valence-electron chi connectivity index (χ0n) is 11.1. The van der Waals surface area contributed by atoms with Gasteiger partial charge in [0.05, 0.1) is 0 Å². The van der Waals surface area contributed by atoms with E-state index in [-0.39, 0.29) is 12.5 Å². The minimum Gasteiger partial charge on any atom is -0.484 e. The third kappa shape index (κ3) is 5.05. The molecule has 100 valence electrons. The highest BCUT2D eigenvalue weighted by Gasteiger charge is 2.07. The van der Waals surface area contributed by atoms with E-state index in [2.05, 4.69) is 5.32 Å². The molecule has 1 amide bonds. The molecule has 1 atom stereocenters. The number of hydrogen-bond donors (Lipinski definition) is 2. The van der Waals surface area contributed by atoms with Gasteiger partial charge in [0.2, 0.25) is 0 Å². The van der Waals surface area contributed by atoms with Crippen molar-refractivity contribution >= 4 is 11.6 Å². The number of carbonyl (C=O) groups excluding carboxylic acids is 1. The van der Waals surface area contributed by atoms with Crippen molar-refractivity contribution < 1.29 is 9.53 Å². The summed E-state index contributed by atoms with van der Waals surface area (Å²) < 4.78 is 5.33. The number of anilines is 1. The first-order valence-electron chi connectivity index (χ1n) is 5.90. The van der Waals surface area contributed by atoms with Gasteiger partial charge >= 0.3 is 0 Å². The van der Waals surface area contributed by atoms with Gasteiger partial charge in [-0.2, -0.15) is 0 Å². The molecule has 0 fully saturated rings. The zero-order valence-corrected chi connectivity index (χ0v) is 11.1. The molecule has 0 heterocycles. The summed E-state index contributed by atoms with van der Waals surface area (Å²) in [5.74, 6) is 0.514. The molecule has 0 spiro atoms. The summed E-state index contributed by atoms with van der Waals surface area (Å²) in [4.78, 5) is 13.6. The van der Waals surface area contributed by atoms with Crippen LogP contribution in [0.25, 0.3) is 0 Å². The number of nitrogens with one attached hydrogen (secondary N) is 1. The van der Waals surface area contributed by atoms with Crippen LogP contribution in [0.15, 0.2) is 24.3 Å². The molecule has 5 nitrogen and oxygen atoms in total. The number of ether oxygens (including phenoxy) is 1. The maximum atomic E-state index is 11.5. The molecule has 0 aromatic heterocycles. The lowest BCUT2D eigenvalue weighted by Gasteiger charge is -2.19. The Morgan fingerprint density at radius 1 is 1.39 bits per heavy atom. The molecule has 0 radical (unpaired) electrons. The Balaban J connectivity index is 2.27. The van der Waals surface area contributed by atoms with Crippen molar-refractivity contribution in [3.05, 3.63) is 24.3 Å². The average Bonchev–Trinajstić information content (AvgIpc) is 2.35. The maximum Gasteiger partial charge on any atom is 0.257 e. The maximum absolute atomic E-state index is 11.5. The zero-order chi connectivity index (χ0) is 13.5. The van der Waals surface area contributed by atoms with E-state index in [0.717, 1.165) is 0 Å². The Morgan fingerprint density at radius 2 is 2.00 bits per heavy atom. The van der Waals surface area contributed by atoms with E-state index < -0.39 is 0 Å². The third-order valence-corrected chi connectivity index (χ3v) is 2.73. The summed E-state index contributed by atoms with van der Waals surface area (Å²) in [6.07, 6.45) is 0. The largest absolute Gasteiger partial charge is 0.484 e. The molecule has 1 aromatic rings. The monoisotopic (exact) mass is 251 g/mol. The van der Waals surface area contributed by atoms with Crippen molar-refractivity contribution in [1.29, 1.82) is 0 Å². The van der Waals surface area contributed by atoms with Gasteiger partial charge in [-0.05, 0) is 45.3 Å². The highest BCUT2D eigenvalue weighted by molar-refractivity contribution is 5.77. The Bertz CT molecular complexity index is 376. The number of carbonyl (C=O) groups is 1. The van der Waals surface area contributed by atoms with E-state index in [4.69, 9.17) is 10.5 Å². The van der Waals surface area contributed by atoms with Crippen LogP contribution >= 0.6 is 0 Å². The molecule has 0 bridgehead atoms. The minimum absolute atomic E-state index is 0.0179. The van der Waals surface area contributed by atoms with Gasteiger partial charge in [-0.15, -0.1) is 0 Å². The number of hydrogen-bond acceptors (Lipinski definition) is 4. The molecule has 0 aliphatic carbocycles. The number of amides is 1. The predicted molar refractivity (Wildman–Crippen MR) is 72.5 cm³/mol. The first kappa shape index (κ1) is 14.3. The molecule has 1 unspecified atom stereocenters. The lowest BCUT2D eigenvalue weighted by atomic mass is 10.3. The lowest BCUT2D eigenvalue weighted by Crippen LogP contribution is -2.40. The van der Waals surface area contributed by atoms with Gasteiger partial charge in [0.15, 0.2) is 6.61 Å². The van der Waals surface area contributed by atoms with Crippen LogP contribution in [-0.2, 0) is 4.79 Å². The first-order valence-corrected chi connectivity index (χ1v) is 5.90. The van der Waals surface area contributed by atoms with Gasteiger partial charge < -0.3 is 20.7 Å². The van der Waals surface area contributed by atoms with Crippen LogP contribution in [-0.4, -0.2) is 44.1 Å². The van der Waals surface area contributed by atoms with Crippen molar-refractivity contribution in [2.75, 3.05) is 33.0 Å². The Labute approximate surface area is 108 Å². The fourth-order valence-corrected chi connectivity index (χ4v) is 1.21. The van der Waals surface area contributed by atoms with Gasteiger partial charge in [0, 0.05) is 18.3 Å². The highest BCUT2D eigenvalue weighted by Crippen LogP contribution is 2.12. The van der Waals surface area contributed by atoms with Crippen molar-refractivity contribution in [2.45, 2.75) is 13.0 Å². The van der Waals surface area contributed by atoms with Crippen LogP contribution < -0.4 is 15.8 Å². The molecular formula is C13H21N3O2. The van der Waals surface area contributed by atoms with E-state index in [9.17, 15) is 4.79 Å². The summed E-state index contributed by atoms with van der Waals surface area (Å²) in [6.45, 7) is 2.67. The van der Waals surface area contributed by atoms with E-state index in [0.29, 0.717) is 24.0 Å². The molecule has 1 rings (SSSR count). The van der Waals surface area contributed by atoms with Gasteiger partial charge in [-0.1, -0.05) is 0 Å². The Hall–Kier alpha value is -1.75. The second kappa shape index (κ2) is 6.86. The fourth-order valence-electron chi connectivity index (χ4n) is 1.21. The molecule has 5 heteroatoms. The Kier molecular flexibility index (Phi) is 5.45. The van der Waals surface area contributed by atoms with Gasteiger partial charge in [0.25, 0.3) is 5.91 Å². The number of rotatable bonds is 6. The average molecular weight is 251 g/mol. The number of nitrogens with two attached hydrogens (primary N) is 1. The first-order chi connectivity index (χ1) is 8.49. The molecule has 3 N–H and O–H groups in total. The summed E-state index contributed by atoms with van der Waals surface area (Å²) in [6, 6.07) is 7.25. The van der Waals surface area contributed by atoms with Crippen molar-refractivity contribution in [3.8, 4) is 5.75 Å². The van der Waals surface area contributed by atoms with Crippen LogP contribution in [0, 0.1) is 0 Å². The normalized spacial score (nSPS) is 12.2. The number of nitrogens with zero attached hydrogens (tertiary/aromatic N) is 1. The number of likely N-dealkylation sites (N-methyl/N-ethyl adjacent to an activating group) is 1. The van der Waals surface area contributed by atoms with Gasteiger partial charge in [-0.3, -0.25) is 4.79 Å². The third-order valence-electron chi connectivity index (χ3n) is 2.73. The van der Waals surface area contributed by atoms with E-state index in [1.807, 2.05) is 25.9 Å². The van der Waals surface area contributed by atoms with Crippen LogP contribution in [0.3, 0.4) is 0 Å². The second-order valence-corrected chi connectivity index (χ2v) is 4.47. The molecule has 0 aliphatic heterocycles. The fraction of sp³-hybridized carbons (Fsp3) is 0.462. The molecule has 0 saturated carbocycles. The van der Waals surface area contributed by atoms with E-state index >= 15 is 0 Å². The highest BCUT2D eigenvalue weighted by atomic mass is 16.5. The van der Waals surface area contributed by atoms with Gasteiger partial charge in [-0.25, -0.2) is 0 Å². The van der Waals surface area contributed by atoms with Crippen LogP contribution in [0.1, 0.15) is 6.92 Å². The van der Waals surface area contributed by atoms with E-state index in [1.165, 1.54) is 0 Å². The molecule has 18 heavy (non-hydrogen) atoms. The summed E-state index contributed by atoms with van der Waals surface area (Å²) in [5.41, 5.74) is 6.23. The van der Waals surface area contributed by atoms with Crippen molar-refractivity contribution in [3.63, 3.8) is 0 Å². The summed E-state index contributed by atoms with van der Waals surface area (Å²) in [5, 5.41) is 2.82. The van der Waals surface area contributed by atoms with Crippen LogP contribution in [0.2, 0.25) is 0 Å². The topological polar surface area (TPSA) is 67.6 Å². The van der Waals surface area contributed by atoms with Crippen LogP contribution in [0.5, 0.6) is 5.75 Å². The predicted octanol–water partition coefficient (Wildman–Crippen LogP) is 0.714. The number of benzene rings is 1. The molecule has 1 aromatic carbocycles. The minimum atomic E-state index is -0.125. The Morgan fingerprint density at radius 3 is 2.56 bits per heavy atom. The lowest BCUT2D eigenvalue weighted by molar-refractivity contribution is -0.123. The van der Waals surface area contributed by atoms with Crippen molar-refractivity contribution in [2.24, 2.45) is 0 Å². The molecule has 0 saturated heterocycles. The quantitative estimate of drug-likeness (QED) is 0.731. The number of nitrogen functional groups attached to an aromatic ring is 1. The van der Waals surface area contributed by atoms with Crippen molar-refractivity contribution in [1.82, 2.24) is 10.2 Å². The van der Waals surface area contributed by atoms with Gasteiger partial charge in [0.1, 0.15) is 5.75 Å².